The Bertz CT molecular complexity index is 984. The van der Waals surface area contributed by atoms with Gasteiger partial charge in [0.1, 0.15) is 0 Å². The molecule has 3 heterocycles. The Hall–Kier alpha value is -1.59. The number of Topliss-reactive ketones (excluding diaryl/α,β-unsaturated/α-hetero) is 1. The average molecular weight is 457 g/mol. The molecule has 28 heavy (non-hydrogen) atoms. The topological polar surface area (TPSA) is 32.3 Å². The summed E-state index contributed by atoms with van der Waals surface area (Å²) in [6.07, 6.45) is 4.09. The van der Waals surface area contributed by atoms with Crippen LogP contribution in [0.25, 0.3) is 0 Å². The Morgan fingerprint density at radius 2 is 1.93 bits per heavy atom. The van der Waals surface area contributed by atoms with Gasteiger partial charge in [-0.2, -0.15) is 0 Å². The van der Waals surface area contributed by atoms with Crippen molar-refractivity contribution in [1.29, 1.82) is 0 Å². The first kappa shape index (κ1) is 18.4. The van der Waals surface area contributed by atoms with Gasteiger partial charge < -0.3 is 10.2 Å². The van der Waals surface area contributed by atoms with E-state index >= 15 is 0 Å². The van der Waals surface area contributed by atoms with Gasteiger partial charge in [0.05, 0.1) is 9.70 Å². The zero-order valence-electron chi connectivity index (χ0n) is 16.3. The Labute approximate surface area is 179 Å². The van der Waals surface area contributed by atoms with Crippen LogP contribution >= 0.6 is 27.3 Å². The average Bonchev–Trinajstić information content (AvgIpc) is 3.30. The number of hydrogen-bond donors (Lipinski definition) is 1. The molecule has 0 radical (unpaired) electrons. The Balaban J connectivity index is 1.64. The molecule has 2 aliphatic heterocycles. The van der Waals surface area contributed by atoms with Crippen molar-refractivity contribution in [3.05, 3.63) is 55.8 Å². The second-order valence-corrected chi connectivity index (χ2v) is 11.5. The van der Waals surface area contributed by atoms with Gasteiger partial charge in [0.2, 0.25) is 0 Å². The molecular weight excluding hydrogens is 432 g/mol. The largest absolute Gasteiger partial charge is 0.371 e. The number of anilines is 2. The molecule has 0 spiro atoms. The van der Waals surface area contributed by atoms with E-state index in [1.54, 1.807) is 11.3 Å². The van der Waals surface area contributed by atoms with E-state index in [9.17, 15) is 4.79 Å². The number of ketones is 1. The van der Waals surface area contributed by atoms with E-state index in [0.29, 0.717) is 12.2 Å². The van der Waals surface area contributed by atoms with Crippen LogP contribution in [-0.2, 0) is 4.79 Å². The van der Waals surface area contributed by atoms with Crippen LogP contribution in [0.5, 0.6) is 0 Å². The van der Waals surface area contributed by atoms with Crippen molar-refractivity contribution in [2.75, 3.05) is 23.3 Å². The number of nitrogens with one attached hydrogen (secondary N) is 1. The number of thiophene rings is 1. The lowest BCUT2D eigenvalue weighted by atomic mass is 9.70. The summed E-state index contributed by atoms with van der Waals surface area (Å²) in [6.45, 7) is 6.67. The quantitative estimate of drug-likeness (QED) is 0.574. The summed E-state index contributed by atoms with van der Waals surface area (Å²) in [6, 6.07) is 11.0. The first-order valence-electron chi connectivity index (χ1n) is 10.1. The van der Waals surface area contributed by atoms with E-state index in [1.807, 2.05) is 0 Å². The van der Waals surface area contributed by atoms with Crippen LogP contribution in [0.4, 0.5) is 11.4 Å². The summed E-state index contributed by atoms with van der Waals surface area (Å²) in [7, 11) is 0. The van der Waals surface area contributed by atoms with E-state index in [1.165, 1.54) is 34.7 Å². The molecule has 1 saturated heterocycles. The Morgan fingerprint density at radius 3 is 2.64 bits per heavy atom. The van der Waals surface area contributed by atoms with Crippen molar-refractivity contribution in [1.82, 2.24) is 0 Å². The highest BCUT2D eigenvalue weighted by Crippen LogP contribution is 2.51. The number of rotatable bonds is 2. The highest BCUT2D eigenvalue weighted by molar-refractivity contribution is 9.11. The maximum absolute atomic E-state index is 13.2. The van der Waals surface area contributed by atoms with E-state index in [4.69, 9.17) is 0 Å². The first-order valence-corrected chi connectivity index (χ1v) is 11.7. The lowest BCUT2D eigenvalue weighted by Gasteiger charge is -2.39. The van der Waals surface area contributed by atoms with E-state index in [0.717, 1.165) is 34.6 Å². The maximum Gasteiger partial charge on any atom is 0.162 e. The number of carbonyl (C=O) groups excluding carboxylic acids is 1. The molecule has 1 unspecified atom stereocenters. The minimum atomic E-state index is 0.00751. The Morgan fingerprint density at radius 1 is 1.14 bits per heavy atom. The summed E-state index contributed by atoms with van der Waals surface area (Å²) < 4.78 is 1.11. The minimum absolute atomic E-state index is 0.00751. The van der Waals surface area contributed by atoms with Crippen LogP contribution in [0.15, 0.2) is 45.4 Å². The van der Waals surface area contributed by atoms with Crippen LogP contribution in [-0.4, -0.2) is 18.9 Å². The Kier molecular flexibility index (Phi) is 4.44. The molecule has 3 nitrogen and oxygen atoms in total. The number of allylic oxidation sites excluding steroid dienone is 2. The van der Waals surface area contributed by atoms with Gasteiger partial charge in [-0.05, 0) is 70.4 Å². The van der Waals surface area contributed by atoms with Gasteiger partial charge in [-0.25, -0.2) is 0 Å². The molecule has 1 atom stereocenters. The number of halogens is 1. The predicted molar refractivity (Wildman–Crippen MR) is 120 cm³/mol. The molecule has 3 aliphatic rings. The lowest BCUT2D eigenvalue weighted by molar-refractivity contribution is -0.118. The van der Waals surface area contributed by atoms with E-state index < -0.39 is 0 Å². The number of fused-ring (bicyclic) bond motifs is 1. The third-order valence-corrected chi connectivity index (χ3v) is 7.88. The summed E-state index contributed by atoms with van der Waals surface area (Å²) in [5.74, 6) is 0.335. The van der Waals surface area contributed by atoms with E-state index in [2.05, 4.69) is 70.3 Å². The molecule has 1 aromatic carbocycles. The first-order chi connectivity index (χ1) is 13.4. The summed E-state index contributed by atoms with van der Waals surface area (Å²) in [5.41, 5.74) is 5.80. The van der Waals surface area contributed by atoms with Crippen molar-refractivity contribution in [2.24, 2.45) is 5.41 Å². The third kappa shape index (κ3) is 3.13. The van der Waals surface area contributed by atoms with Gasteiger partial charge in [-0.1, -0.05) is 19.9 Å². The smallest absolute Gasteiger partial charge is 0.162 e. The van der Waals surface area contributed by atoms with Gasteiger partial charge in [-0.3, -0.25) is 4.79 Å². The van der Waals surface area contributed by atoms with Gasteiger partial charge >= 0.3 is 0 Å². The fraction of sp³-hybridized carbons (Fsp3) is 0.435. The van der Waals surface area contributed by atoms with Crippen LogP contribution in [0.1, 0.15) is 55.9 Å². The SMILES string of the molecule is CC1(C)CC(=O)C2=C(C1)Nc1cc(N3CCCC3)ccc1C2c1ccc(Br)s1. The normalized spacial score (nSPS) is 23.5. The maximum atomic E-state index is 13.2. The van der Waals surface area contributed by atoms with E-state index in [-0.39, 0.29) is 11.3 Å². The fourth-order valence-electron chi connectivity index (χ4n) is 4.95. The van der Waals surface area contributed by atoms with Crippen molar-refractivity contribution < 1.29 is 4.79 Å². The highest BCUT2D eigenvalue weighted by atomic mass is 79.9. The monoisotopic (exact) mass is 456 g/mol. The molecule has 5 heteroatoms. The summed E-state index contributed by atoms with van der Waals surface area (Å²) in [4.78, 5) is 16.9. The third-order valence-electron chi connectivity index (χ3n) is 6.19. The second kappa shape index (κ2) is 6.74. The van der Waals surface area contributed by atoms with Gasteiger partial charge in [0.25, 0.3) is 0 Å². The molecule has 0 saturated carbocycles. The van der Waals surface area contributed by atoms with Crippen molar-refractivity contribution in [2.45, 2.75) is 45.4 Å². The highest BCUT2D eigenvalue weighted by Gasteiger charge is 2.41. The zero-order valence-corrected chi connectivity index (χ0v) is 18.8. The number of nitrogens with zero attached hydrogens (tertiary/aromatic N) is 1. The van der Waals surface area contributed by atoms with Crippen molar-refractivity contribution in [3.8, 4) is 0 Å². The number of carbonyl (C=O) groups is 1. The number of hydrogen-bond acceptors (Lipinski definition) is 4. The molecule has 0 amide bonds. The zero-order chi connectivity index (χ0) is 19.5. The predicted octanol–water partition coefficient (Wildman–Crippen LogP) is 6.31. The molecule has 1 aromatic heterocycles. The standard InChI is InChI=1S/C23H25BrN2OS/c1-23(2)12-17-22(18(27)13-23)21(19-7-8-20(24)28-19)15-6-5-14(11-16(15)25-17)26-9-3-4-10-26/h5-8,11,21,25H,3-4,9-10,12-13H2,1-2H3. The minimum Gasteiger partial charge on any atom is -0.371 e. The molecule has 5 rings (SSSR count). The van der Waals surface area contributed by atoms with Crippen LogP contribution in [0.3, 0.4) is 0 Å². The van der Waals surface area contributed by atoms with Crippen molar-refractivity contribution in [3.63, 3.8) is 0 Å². The number of benzene rings is 1. The molecular formula is C23H25BrN2OS. The van der Waals surface area contributed by atoms with Crippen LogP contribution in [0, 0.1) is 5.41 Å². The van der Waals surface area contributed by atoms with Crippen molar-refractivity contribution >= 4 is 44.4 Å². The lowest BCUT2D eigenvalue weighted by Crippen LogP contribution is -2.33. The molecule has 1 aliphatic carbocycles. The molecule has 0 bridgehead atoms. The summed E-state index contributed by atoms with van der Waals surface area (Å²) >= 11 is 5.35. The molecule has 1 N–H and O–H groups in total. The second-order valence-electron chi connectivity index (χ2n) is 9.00. The summed E-state index contributed by atoms with van der Waals surface area (Å²) in [5, 5.41) is 3.68. The molecule has 2 aromatic rings. The van der Waals surface area contributed by atoms with Gasteiger partial charge in [-0.15, -0.1) is 11.3 Å². The van der Waals surface area contributed by atoms with Gasteiger partial charge in [0, 0.05) is 47.0 Å². The fourth-order valence-corrected chi connectivity index (χ4v) is 6.51. The van der Waals surface area contributed by atoms with Gasteiger partial charge in [0.15, 0.2) is 5.78 Å². The van der Waals surface area contributed by atoms with Crippen LogP contribution < -0.4 is 10.2 Å². The van der Waals surface area contributed by atoms with Crippen LogP contribution in [0.2, 0.25) is 0 Å². The molecule has 146 valence electrons. The molecule has 1 fully saturated rings.